The molecule has 5 aliphatic rings. The van der Waals surface area contributed by atoms with Crippen molar-refractivity contribution in [2.45, 2.75) is 119 Å². The van der Waals surface area contributed by atoms with Crippen molar-refractivity contribution in [3.05, 3.63) is 47.9 Å². The monoisotopic (exact) mass is 820 g/mol. The number of carbonyl (C=O) groups is 4. The van der Waals surface area contributed by atoms with Gasteiger partial charge in [-0.2, -0.15) is 0 Å². The Morgan fingerprint density at radius 3 is 2.54 bits per heavy atom. The van der Waals surface area contributed by atoms with Crippen molar-refractivity contribution in [1.29, 1.82) is 0 Å². The average molecular weight is 821 g/mol. The fraction of sp³-hybridized carbons (Fsp3) is 0.550. The maximum Gasteiger partial charge on any atom is 0.408 e. The van der Waals surface area contributed by atoms with Crippen molar-refractivity contribution in [2.24, 2.45) is 5.92 Å². The molecule has 3 N–H and O–H groups in total. The van der Waals surface area contributed by atoms with Crippen molar-refractivity contribution >= 4 is 56.2 Å². The van der Waals surface area contributed by atoms with Crippen LogP contribution in [0.1, 0.15) is 83.5 Å². The molecule has 0 unspecified atom stereocenters. The molecule has 3 aromatic rings. The summed E-state index contributed by atoms with van der Waals surface area (Å²) in [5.74, 6) is -1.53. The van der Waals surface area contributed by atoms with E-state index < -0.39 is 68.7 Å². The van der Waals surface area contributed by atoms with Gasteiger partial charge >= 0.3 is 6.09 Å². The molecule has 0 bridgehead atoms. The second-order valence-corrected chi connectivity index (χ2v) is 18.6. The molecule has 2 aromatic heterocycles. The fourth-order valence-electron chi connectivity index (χ4n) is 8.14. The molecule has 304 valence electrons. The smallest absolute Gasteiger partial charge is 0.408 e. The Hall–Kier alpha value is -4.77. The lowest BCUT2D eigenvalue weighted by Gasteiger charge is -2.30. The van der Waals surface area contributed by atoms with Crippen LogP contribution in [0.5, 0.6) is 11.6 Å². The Labute approximate surface area is 335 Å². The van der Waals surface area contributed by atoms with Crippen LogP contribution < -0.4 is 24.8 Å². The first-order valence-electron chi connectivity index (χ1n) is 19.9. The Bertz CT molecular complexity index is 2150. The summed E-state index contributed by atoms with van der Waals surface area (Å²) in [6.45, 7) is -0.0347. The number of allylic oxidation sites excluding steroid dienone is 1. The van der Waals surface area contributed by atoms with Gasteiger partial charge in [-0.25, -0.2) is 23.2 Å². The normalized spacial score (nSPS) is 27.6. The predicted octanol–water partition coefficient (Wildman–Crippen LogP) is 4.76. The van der Waals surface area contributed by atoms with Crippen molar-refractivity contribution in [2.75, 3.05) is 13.7 Å². The highest BCUT2D eigenvalue weighted by Crippen LogP contribution is 2.46. The number of hydrogen-bond donors (Lipinski definition) is 3. The van der Waals surface area contributed by atoms with Crippen LogP contribution in [0.3, 0.4) is 0 Å². The van der Waals surface area contributed by atoms with E-state index in [0.717, 1.165) is 43.4 Å². The molecular formula is C40H48N6O9S2. The second kappa shape index (κ2) is 16.2. The topological polar surface area (TPSA) is 195 Å². The average Bonchev–Trinajstić information content (AvgIpc) is 3.93. The van der Waals surface area contributed by atoms with Gasteiger partial charge in [0, 0.05) is 18.4 Å². The second-order valence-electron chi connectivity index (χ2n) is 15.7. The van der Waals surface area contributed by atoms with Crippen molar-refractivity contribution < 1.29 is 41.8 Å². The van der Waals surface area contributed by atoms with Crippen LogP contribution in [0.4, 0.5) is 4.79 Å². The highest BCUT2D eigenvalue weighted by atomic mass is 32.2. The van der Waals surface area contributed by atoms with E-state index in [2.05, 4.69) is 15.4 Å². The van der Waals surface area contributed by atoms with Gasteiger partial charge in [0.25, 0.3) is 5.91 Å². The molecular weight excluding hydrogens is 773 g/mol. The molecule has 4 heterocycles. The van der Waals surface area contributed by atoms with E-state index in [4.69, 9.17) is 24.2 Å². The first-order chi connectivity index (χ1) is 27.5. The molecule has 8 rings (SSSR count). The summed E-state index contributed by atoms with van der Waals surface area (Å²) in [6.07, 6.45) is 10.1. The number of nitrogens with zero attached hydrogens (tertiary/aromatic N) is 3. The van der Waals surface area contributed by atoms with Crippen LogP contribution >= 0.6 is 11.3 Å². The summed E-state index contributed by atoms with van der Waals surface area (Å²) in [7, 11) is -2.34. The zero-order chi connectivity index (χ0) is 39.7. The molecule has 3 saturated carbocycles. The number of nitrogens with one attached hydrogen (secondary N) is 3. The first kappa shape index (κ1) is 39.1. The first-order valence-corrected chi connectivity index (χ1v) is 22.3. The lowest BCUT2D eigenvalue weighted by Crippen LogP contribution is -2.58. The number of thiophene rings is 1. The van der Waals surface area contributed by atoms with Crippen LogP contribution in [0.2, 0.25) is 0 Å². The maximum atomic E-state index is 14.7. The molecule has 57 heavy (non-hydrogen) atoms. The predicted molar refractivity (Wildman–Crippen MR) is 211 cm³/mol. The van der Waals surface area contributed by atoms with Gasteiger partial charge in [-0.3, -0.25) is 19.1 Å². The molecule has 4 amide bonds. The highest BCUT2D eigenvalue weighted by Gasteiger charge is 2.62. The highest BCUT2D eigenvalue weighted by molar-refractivity contribution is 7.91. The number of alkyl carbamates (subject to hydrolysis) is 1. The van der Waals surface area contributed by atoms with Crippen molar-refractivity contribution in [3.8, 4) is 22.2 Å². The number of benzene rings is 1. The summed E-state index contributed by atoms with van der Waals surface area (Å²) in [5, 5.41) is 7.01. The summed E-state index contributed by atoms with van der Waals surface area (Å²) in [4.78, 5) is 68.1. The number of hydrogen-bond acceptors (Lipinski definition) is 12. The maximum absolute atomic E-state index is 14.7. The van der Waals surface area contributed by atoms with Gasteiger partial charge in [0.2, 0.25) is 27.7 Å². The number of ether oxygens (including phenoxy) is 3. The van der Waals surface area contributed by atoms with Crippen LogP contribution in [0.25, 0.3) is 21.6 Å². The third-order valence-corrected chi connectivity index (χ3v) is 14.3. The van der Waals surface area contributed by atoms with Gasteiger partial charge < -0.3 is 29.7 Å². The Kier molecular flexibility index (Phi) is 11.1. The molecule has 0 spiro atoms. The summed E-state index contributed by atoms with van der Waals surface area (Å²) < 4.78 is 45.8. The van der Waals surface area contributed by atoms with Crippen LogP contribution in [0.15, 0.2) is 47.9 Å². The Balaban J connectivity index is 1.11. The molecule has 5 atom stereocenters. The molecule has 0 radical (unpaired) electrons. The van der Waals surface area contributed by atoms with E-state index in [9.17, 15) is 27.6 Å². The van der Waals surface area contributed by atoms with Crippen LogP contribution in [0, 0.1) is 5.92 Å². The zero-order valence-electron chi connectivity index (χ0n) is 31.8. The minimum absolute atomic E-state index is 0.0249. The Morgan fingerprint density at radius 2 is 1.79 bits per heavy atom. The molecule has 4 fully saturated rings. The van der Waals surface area contributed by atoms with E-state index in [0.29, 0.717) is 54.6 Å². The van der Waals surface area contributed by atoms with E-state index in [1.807, 2.05) is 35.7 Å². The molecule has 17 heteroatoms. The summed E-state index contributed by atoms with van der Waals surface area (Å²) in [5.41, 5.74) is 0.135. The van der Waals surface area contributed by atoms with Gasteiger partial charge in [-0.1, -0.05) is 31.1 Å². The number of sulfonamides is 1. The van der Waals surface area contributed by atoms with Crippen LogP contribution in [-0.2, 0) is 29.1 Å². The lowest BCUT2D eigenvalue weighted by atomic mass is 10.0. The zero-order valence-corrected chi connectivity index (χ0v) is 33.4. The minimum Gasteiger partial charge on any atom is -0.497 e. The molecule has 15 nitrogen and oxygen atoms in total. The quantitative estimate of drug-likeness (QED) is 0.252. The SMILES string of the molecule is COc1ccc2nc(-c3cccs3)c(O[C@@H]3C[C@H]4C(=O)N[C@]5(C(=O)NS(=O)(=O)C6CC6)C[C@H]5/C=C\CCCCC[C@H](NC(=O)OC5CCCC5)C(=O)N4C3)nc2c1. The minimum atomic E-state index is -3.90. The number of fused-ring (bicyclic) bond motifs is 3. The summed E-state index contributed by atoms with van der Waals surface area (Å²) >= 11 is 1.46. The third-order valence-electron chi connectivity index (χ3n) is 11.6. The molecule has 1 saturated heterocycles. The van der Waals surface area contributed by atoms with Crippen LogP contribution in [-0.4, -0.2) is 95.8 Å². The van der Waals surface area contributed by atoms with Crippen molar-refractivity contribution in [1.82, 2.24) is 30.2 Å². The molecule has 2 aliphatic heterocycles. The van der Waals surface area contributed by atoms with E-state index >= 15 is 0 Å². The third kappa shape index (κ3) is 8.59. The molecule has 1 aromatic carbocycles. The largest absolute Gasteiger partial charge is 0.497 e. The lowest BCUT2D eigenvalue weighted by molar-refractivity contribution is -0.141. The number of methoxy groups -OCH3 is 1. The molecule has 3 aliphatic carbocycles. The number of aromatic nitrogens is 2. The van der Waals surface area contributed by atoms with Gasteiger partial charge in [-0.05, 0) is 87.8 Å². The number of carbonyl (C=O) groups excluding carboxylic acids is 4. The van der Waals surface area contributed by atoms with Crippen molar-refractivity contribution in [3.63, 3.8) is 0 Å². The van der Waals surface area contributed by atoms with E-state index in [-0.39, 0.29) is 31.4 Å². The van der Waals surface area contributed by atoms with E-state index in [1.54, 1.807) is 19.2 Å². The fourth-order valence-corrected chi connectivity index (χ4v) is 10.2. The summed E-state index contributed by atoms with van der Waals surface area (Å²) in [6, 6.07) is 7.04. The number of rotatable bonds is 9. The van der Waals surface area contributed by atoms with Gasteiger partial charge in [-0.15, -0.1) is 11.3 Å². The van der Waals surface area contributed by atoms with E-state index in [1.165, 1.54) is 16.2 Å². The van der Waals surface area contributed by atoms with Gasteiger partial charge in [0.1, 0.15) is 41.3 Å². The standard InChI is InChI=1S/C40H48N6O9S2/c1-53-26-15-18-29-31(20-26)42-36(34(41-29)33-14-9-19-56-33)54-27-21-32-35(47)44-40(38(49)45-57(51,52)28-16-17-28)22-24(40)10-5-3-2-4-6-13-30(37(48)46(32)23-27)43-39(50)55-25-11-7-8-12-25/h5,9-10,14-15,18-20,24-25,27-28,30,32H,2-4,6-8,11-13,16-17,21-23H2,1H3,(H,43,50)(H,44,47)(H,45,49)/b10-5-/t24-,27-,30+,32+,40-/m1/s1. The number of amides is 4. The Morgan fingerprint density at radius 1 is 0.982 bits per heavy atom. The van der Waals surface area contributed by atoms with Gasteiger partial charge in [0.05, 0.1) is 34.8 Å². The van der Waals surface area contributed by atoms with Gasteiger partial charge in [0.15, 0.2) is 0 Å².